The first kappa shape index (κ1) is 15.4. The Morgan fingerprint density at radius 3 is 2.70 bits per heavy atom. The molecule has 2 aromatic carbocycles. The van der Waals surface area contributed by atoms with Crippen LogP contribution in [0.15, 0.2) is 65.4 Å². The number of nitrogens with zero attached hydrogens (tertiary/aromatic N) is 3. The molecule has 0 saturated heterocycles. The standard InChI is InChI=1S/C17H13BrFN3O/c1-21(16-8-7-12(18)11-14(16)19)17(23)13-5-2-3-6-15(13)22-10-4-9-20-22/h2-11H,1H3. The molecule has 3 rings (SSSR count). The number of hydrogen-bond donors (Lipinski definition) is 0. The van der Waals surface area contributed by atoms with Crippen LogP contribution in [0.2, 0.25) is 0 Å². The van der Waals surface area contributed by atoms with Gasteiger partial charge in [-0.15, -0.1) is 0 Å². The number of aromatic nitrogens is 2. The van der Waals surface area contributed by atoms with E-state index in [-0.39, 0.29) is 11.6 Å². The van der Waals surface area contributed by atoms with E-state index >= 15 is 0 Å². The number of rotatable bonds is 3. The highest BCUT2D eigenvalue weighted by Gasteiger charge is 2.20. The summed E-state index contributed by atoms with van der Waals surface area (Å²) in [5.74, 6) is -0.774. The molecule has 0 saturated carbocycles. The smallest absolute Gasteiger partial charge is 0.260 e. The Hall–Kier alpha value is -2.47. The number of hydrogen-bond acceptors (Lipinski definition) is 2. The second-order valence-electron chi connectivity index (χ2n) is 4.93. The van der Waals surface area contributed by atoms with Crippen molar-refractivity contribution in [1.82, 2.24) is 9.78 Å². The molecule has 0 spiro atoms. The van der Waals surface area contributed by atoms with Gasteiger partial charge in [0.15, 0.2) is 0 Å². The van der Waals surface area contributed by atoms with E-state index < -0.39 is 5.82 Å². The van der Waals surface area contributed by atoms with E-state index in [1.807, 2.05) is 6.07 Å². The minimum Gasteiger partial charge on any atom is -0.309 e. The summed E-state index contributed by atoms with van der Waals surface area (Å²) in [6.45, 7) is 0. The molecule has 4 nitrogen and oxygen atoms in total. The van der Waals surface area contributed by atoms with Crippen LogP contribution in [-0.4, -0.2) is 22.7 Å². The van der Waals surface area contributed by atoms with Crippen molar-refractivity contribution in [3.05, 3.63) is 76.8 Å². The Kier molecular flexibility index (Phi) is 4.25. The summed E-state index contributed by atoms with van der Waals surface area (Å²) < 4.78 is 16.3. The summed E-state index contributed by atoms with van der Waals surface area (Å²) in [5.41, 5.74) is 1.31. The maximum atomic E-state index is 14.1. The fourth-order valence-corrected chi connectivity index (χ4v) is 2.64. The topological polar surface area (TPSA) is 38.1 Å². The second-order valence-corrected chi connectivity index (χ2v) is 5.84. The molecule has 0 fully saturated rings. The second kappa shape index (κ2) is 6.34. The van der Waals surface area contributed by atoms with Gasteiger partial charge in [0.1, 0.15) is 5.82 Å². The zero-order valence-corrected chi connectivity index (χ0v) is 13.9. The first-order chi connectivity index (χ1) is 11.1. The maximum Gasteiger partial charge on any atom is 0.260 e. The van der Waals surface area contributed by atoms with Gasteiger partial charge in [0, 0.05) is 23.9 Å². The molecule has 1 aromatic heterocycles. The minimum absolute atomic E-state index is 0.216. The molecule has 0 aliphatic heterocycles. The van der Waals surface area contributed by atoms with Crippen LogP contribution in [0.4, 0.5) is 10.1 Å². The summed E-state index contributed by atoms with van der Waals surface area (Å²) >= 11 is 3.21. The highest BCUT2D eigenvalue weighted by Crippen LogP contribution is 2.25. The third-order valence-electron chi connectivity index (χ3n) is 3.46. The SMILES string of the molecule is CN(C(=O)c1ccccc1-n1cccn1)c1ccc(Br)cc1F. The zero-order valence-electron chi connectivity index (χ0n) is 12.3. The molecule has 23 heavy (non-hydrogen) atoms. The molecule has 0 aliphatic rings. The first-order valence-electron chi connectivity index (χ1n) is 6.90. The van der Waals surface area contributed by atoms with E-state index in [1.165, 1.54) is 11.0 Å². The van der Waals surface area contributed by atoms with Crippen molar-refractivity contribution in [2.24, 2.45) is 0 Å². The average Bonchev–Trinajstić information content (AvgIpc) is 3.08. The van der Waals surface area contributed by atoms with Gasteiger partial charge in [-0.1, -0.05) is 28.1 Å². The molecule has 0 unspecified atom stereocenters. The van der Waals surface area contributed by atoms with Crippen molar-refractivity contribution in [3.8, 4) is 5.69 Å². The van der Waals surface area contributed by atoms with E-state index in [4.69, 9.17) is 0 Å². The van der Waals surface area contributed by atoms with Gasteiger partial charge in [-0.25, -0.2) is 9.07 Å². The Bertz CT molecular complexity index is 849. The van der Waals surface area contributed by atoms with Crippen LogP contribution in [0, 0.1) is 5.82 Å². The molecule has 0 atom stereocenters. The number of anilines is 1. The van der Waals surface area contributed by atoms with Crippen molar-refractivity contribution in [2.45, 2.75) is 0 Å². The van der Waals surface area contributed by atoms with E-state index in [1.54, 1.807) is 60.5 Å². The Morgan fingerprint density at radius 1 is 1.22 bits per heavy atom. The van der Waals surface area contributed by atoms with Gasteiger partial charge >= 0.3 is 0 Å². The molecular formula is C17H13BrFN3O. The van der Waals surface area contributed by atoms with Gasteiger partial charge in [0.05, 0.1) is 16.9 Å². The van der Waals surface area contributed by atoms with Crippen LogP contribution in [0.25, 0.3) is 5.69 Å². The molecule has 116 valence electrons. The number of carbonyl (C=O) groups is 1. The van der Waals surface area contributed by atoms with E-state index in [2.05, 4.69) is 21.0 Å². The molecule has 0 radical (unpaired) electrons. The van der Waals surface area contributed by atoms with Gasteiger partial charge in [0.2, 0.25) is 0 Å². The van der Waals surface area contributed by atoms with Crippen molar-refractivity contribution in [1.29, 1.82) is 0 Å². The Balaban J connectivity index is 2.01. The van der Waals surface area contributed by atoms with E-state index in [0.717, 1.165) is 0 Å². The normalized spacial score (nSPS) is 10.6. The Morgan fingerprint density at radius 2 is 2.00 bits per heavy atom. The van der Waals surface area contributed by atoms with Crippen molar-refractivity contribution >= 4 is 27.5 Å². The third-order valence-corrected chi connectivity index (χ3v) is 3.95. The average molecular weight is 374 g/mol. The van der Waals surface area contributed by atoms with Crippen LogP contribution < -0.4 is 4.90 Å². The summed E-state index contributed by atoms with van der Waals surface area (Å²) in [7, 11) is 1.55. The van der Waals surface area contributed by atoms with Gasteiger partial charge in [-0.05, 0) is 36.4 Å². The lowest BCUT2D eigenvalue weighted by Crippen LogP contribution is -2.28. The summed E-state index contributed by atoms with van der Waals surface area (Å²) in [5, 5.41) is 4.16. The number of para-hydroxylation sites is 1. The Labute approximate surface area is 141 Å². The van der Waals surface area contributed by atoms with Gasteiger partial charge in [-0.3, -0.25) is 4.79 Å². The molecule has 3 aromatic rings. The molecule has 1 heterocycles. The maximum absolute atomic E-state index is 14.1. The van der Waals surface area contributed by atoms with Crippen LogP contribution in [0.1, 0.15) is 10.4 Å². The van der Waals surface area contributed by atoms with Crippen LogP contribution in [0.5, 0.6) is 0 Å². The highest BCUT2D eigenvalue weighted by molar-refractivity contribution is 9.10. The quantitative estimate of drug-likeness (QED) is 0.694. The van der Waals surface area contributed by atoms with Crippen molar-refractivity contribution in [3.63, 3.8) is 0 Å². The van der Waals surface area contributed by atoms with E-state index in [0.29, 0.717) is 15.7 Å². The fourth-order valence-electron chi connectivity index (χ4n) is 2.31. The molecular weight excluding hydrogens is 361 g/mol. The lowest BCUT2D eigenvalue weighted by atomic mass is 10.1. The van der Waals surface area contributed by atoms with E-state index in [9.17, 15) is 9.18 Å². The minimum atomic E-state index is -0.466. The van der Waals surface area contributed by atoms with Crippen LogP contribution in [0.3, 0.4) is 0 Å². The fraction of sp³-hybridized carbons (Fsp3) is 0.0588. The summed E-state index contributed by atoms with van der Waals surface area (Å²) in [4.78, 5) is 14.1. The highest BCUT2D eigenvalue weighted by atomic mass is 79.9. The van der Waals surface area contributed by atoms with Gasteiger partial charge in [-0.2, -0.15) is 5.10 Å². The zero-order chi connectivity index (χ0) is 16.4. The largest absolute Gasteiger partial charge is 0.309 e. The third kappa shape index (κ3) is 3.03. The number of amides is 1. The summed E-state index contributed by atoms with van der Waals surface area (Å²) in [6.07, 6.45) is 3.39. The molecule has 0 aliphatic carbocycles. The number of halogens is 2. The van der Waals surface area contributed by atoms with Crippen LogP contribution >= 0.6 is 15.9 Å². The lowest BCUT2D eigenvalue weighted by molar-refractivity contribution is 0.0992. The number of benzene rings is 2. The van der Waals surface area contributed by atoms with Crippen molar-refractivity contribution in [2.75, 3.05) is 11.9 Å². The monoisotopic (exact) mass is 373 g/mol. The summed E-state index contributed by atoms with van der Waals surface area (Å²) in [6, 6.07) is 13.5. The predicted octanol–water partition coefficient (Wildman–Crippen LogP) is 4.05. The van der Waals surface area contributed by atoms with Gasteiger partial charge in [0.25, 0.3) is 5.91 Å². The lowest BCUT2D eigenvalue weighted by Gasteiger charge is -2.20. The number of carbonyl (C=O) groups excluding carboxylic acids is 1. The molecule has 0 bridgehead atoms. The predicted molar refractivity (Wildman–Crippen MR) is 90.4 cm³/mol. The van der Waals surface area contributed by atoms with Crippen LogP contribution in [-0.2, 0) is 0 Å². The van der Waals surface area contributed by atoms with Crippen molar-refractivity contribution < 1.29 is 9.18 Å². The molecule has 1 amide bonds. The molecule has 0 N–H and O–H groups in total. The molecule has 6 heteroatoms. The first-order valence-corrected chi connectivity index (χ1v) is 7.69. The van der Waals surface area contributed by atoms with Gasteiger partial charge < -0.3 is 4.90 Å².